The van der Waals surface area contributed by atoms with Gasteiger partial charge in [-0.15, -0.1) is 0 Å². The third kappa shape index (κ3) is 17.8. The summed E-state index contributed by atoms with van der Waals surface area (Å²) in [5.74, 6) is -0.198. The van der Waals surface area contributed by atoms with Crippen LogP contribution in [-0.4, -0.2) is 26.2 Å². The summed E-state index contributed by atoms with van der Waals surface area (Å²) in [7, 11) is 2.90. The number of hydrogen-bond donors (Lipinski definition) is 0. The van der Waals surface area contributed by atoms with Crippen LogP contribution in [-0.2, 0) is 19.1 Å². The first kappa shape index (κ1) is 26.4. The van der Waals surface area contributed by atoms with Gasteiger partial charge < -0.3 is 9.47 Å². The molecule has 0 fully saturated rings. The Kier molecular flexibility index (Phi) is 17.7. The summed E-state index contributed by atoms with van der Waals surface area (Å²) in [4.78, 5) is 22.1. The number of hydrogen-bond acceptors (Lipinski definition) is 4. The van der Waals surface area contributed by atoms with Gasteiger partial charge in [0, 0.05) is 12.8 Å². The average molecular weight is 395 g/mol. The molecule has 0 unspecified atom stereocenters. The number of allylic oxidation sites excluding steroid dienone is 4. The van der Waals surface area contributed by atoms with Gasteiger partial charge in [-0.25, -0.2) is 0 Å². The van der Waals surface area contributed by atoms with Crippen molar-refractivity contribution in [2.24, 2.45) is 0 Å². The van der Waals surface area contributed by atoms with Crippen LogP contribution in [0.25, 0.3) is 0 Å². The van der Waals surface area contributed by atoms with Crippen LogP contribution in [0.3, 0.4) is 0 Å². The zero-order valence-electron chi connectivity index (χ0n) is 18.7. The maximum atomic E-state index is 11.0. The predicted octanol–water partition coefficient (Wildman–Crippen LogP) is 6.69. The van der Waals surface area contributed by atoms with Gasteiger partial charge >= 0.3 is 11.9 Å². The predicted molar refractivity (Wildman–Crippen MR) is 116 cm³/mol. The fraction of sp³-hybridized carbons (Fsp3) is 0.750. The monoisotopic (exact) mass is 394 g/mol. The van der Waals surface area contributed by atoms with Gasteiger partial charge in [0.2, 0.25) is 0 Å². The van der Waals surface area contributed by atoms with E-state index in [-0.39, 0.29) is 11.9 Å². The highest BCUT2D eigenvalue weighted by Crippen LogP contribution is 2.14. The molecule has 0 aliphatic heterocycles. The first-order valence-corrected chi connectivity index (χ1v) is 10.9. The van der Waals surface area contributed by atoms with Gasteiger partial charge in [-0.05, 0) is 65.2 Å². The Morgan fingerprint density at radius 2 is 0.893 bits per heavy atom. The molecule has 28 heavy (non-hydrogen) atoms. The molecule has 0 heterocycles. The van der Waals surface area contributed by atoms with E-state index in [1.165, 1.54) is 51.0 Å². The van der Waals surface area contributed by atoms with Crippen LogP contribution >= 0.6 is 0 Å². The molecule has 0 N–H and O–H groups in total. The molecular formula is C24H42O4. The standard InChI is InChI=1S/C24H42O4/c1-21(15-9-5-7-11-19-23(25)27-3)17-13-14-18-22(2)16-10-6-8-12-20-24(26)28-4/h17-18H,5-16,19-20H2,1-4H3/b21-17+,22-18+. The van der Waals surface area contributed by atoms with Gasteiger partial charge in [0.15, 0.2) is 0 Å². The maximum absolute atomic E-state index is 11.0. The van der Waals surface area contributed by atoms with E-state index >= 15 is 0 Å². The van der Waals surface area contributed by atoms with E-state index < -0.39 is 0 Å². The van der Waals surface area contributed by atoms with Crippen LogP contribution in [0.2, 0.25) is 0 Å². The number of rotatable bonds is 17. The Morgan fingerprint density at radius 1 is 0.571 bits per heavy atom. The van der Waals surface area contributed by atoms with Crippen LogP contribution in [0.15, 0.2) is 23.3 Å². The molecule has 0 atom stereocenters. The van der Waals surface area contributed by atoms with E-state index in [0.717, 1.165) is 51.4 Å². The molecule has 0 aliphatic rings. The number of ether oxygens (including phenoxy) is 2. The van der Waals surface area contributed by atoms with Crippen LogP contribution in [0.5, 0.6) is 0 Å². The average Bonchev–Trinajstić information content (AvgIpc) is 2.69. The van der Waals surface area contributed by atoms with Crippen LogP contribution in [0.4, 0.5) is 0 Å². The Hall–Kier alpha value is -1.58. The zero-order valence-corrected chi connectivity index (χ0v) is 18.7. The van der Waals surface area contributed by atoms with Crippen LogP contribution < -0.4 is 0 Å². The lowest BCUT2D eigenvalue weighted by Gasteiger charge is -2.03. The normalized spacial score (nSPS) is 12.1. The van der Waals surface area contributed by atoms with E-state index in [9.17, 15) is 9.59 Å². The molecule has 0 spiro atoms. The fourth-order valence-electron chi connectivity index (χ4n) is 3.12. The van der Waals surface area contributed by atoms with Crippen molar-refractivity contribution in [2.75, 3.05) is 14.2 Å². The van der Waals surface area contributed by atoms with Crippen molar-refractivity contribution in [3.8, 4) is 0 Å². The van der Waals surface area contributed by atoms with Gasteiger partial charge in [0.1, 0.15) is 0 Å². The molecule has 0 radical (unpaired) electrons. The van der Waals surface area contributed by atoms with Gasteiger partial charge in [0.05, 0.1) is 14.2 Å². The van der Waals surface area contributed by atoms with Gasteiger partial charge in [0.25, 0.3) is 0 Å². The third-order valence-corrected chi connectivity index (χ3v) is 5.01. The minimum absolute atomic E-state index is 0.0991. The van der Waals surface area contributed by atoms with Gasteiger partial charge in [-0.2, -0.15) is 0 Å². The number of carbonyl (C=O) groups excluding carboxylic acids is 2. The van der Waals surface area contributed by atoms with Gasteiger partial charge in [-0.3, -0.25) is 9.59 Å². The maximum Gasteiger partial charge on any atom is 0.305 e. The van der Waals surface area contributed by atoms with Crippen molar-refractivity contribution >= 4 is 11.9 Å². The lowest BCUT2D eigenvalue weighted by atomic mass is 10.0. The molecule has 0 aromatic heterocycles. The van der Waals surface area contributed by atoms with Crippen molar-refractivity contribution < 1.29 is 19.1 Å². The summed E-state index contributed by atoms with van der Waals surface area (Å²) >= 11 is 0. The second-order valence-corrected chi connectivity index (χ2v) is 7.66. The van der Waals surface area contributed by atoms with Crippen molar-refractivity contribution in [3.63, 3.8) is 0 Å². The summed E-state index contributed by atoms with van der Waals surface area (Å²) < 4.78 is 9.29. The van der Waals surface area contributed by atoms with Crippen molar-refractivity contribution in [2.45, 2.75) is 104 Å². The number of methoxy groups -OCH3 is 2. The summed E-state index contributed by atoms with van der Waals surface area (Å²) in [6.45, 7) is 4.44. The lowest BCUT2D eigenvalue weighted by Crippen LogP contribution is -1.99. The smallest absolute Gasteiger partial charge is 0.305 e. The Bertz CT molecular complexity index is 433. The first-order valence-electron chi connectivity index (χ1n) is 10.9. The van der Waals surface area contributed by atoms with Crippen molar-refractivity contribution in [1.29, 1.82) is 0 Å². The minimum Gasteiger partial charge on any atom is -0.469 e. The van der Waals surface area contributed by atoms with E-state index in [2.05, 4.69) is 35.5 Å². The summed E-state index contributed by atoms with van der Waals surface area (Å²) in [5, 5.41) is 0. The number of carbonyl (C=O) groups is 2. The molecule has 0 aromatic carbocycles. The van der Waals surface area contributed by atoms with E-state index in [1.54, 1.807) is 0 Å². The highest BCUT2D eigenvalue weighted by molar-refractivity contribution is 5.69. The highest BCUT2D eigenvalue weighted by Gasteiger charge is 2.00. The third-order valence-electron chi connectivity index (χ3n) is 5.01. The summed E-state index contributed by atoms with van der Waals surface area (Å²) in [6, 6.07) is 0. The highest BCUT2D eigenvalue weighted by atomic mass is 16.5. The molecule has 0 saturated heterocycles. The van der Waals surface area contributed by atoms with E-state index in [1.807, 2.05) is 0 Å². The molecule has 0 aromatic rings. The fourth-order valence-corrected chi connectivity index (χ4v) is 3.12. The number of esters is 2. The topological polar surface area (TPSA) is 52.6 Å². The molecular weight excluding hydrogens is 352 g/mol. The second-order valence-electron chi connectivity index (χ2n) is 7.66. The SMILES string of the molecule is COC(=O)CCCCCC/C(C)=C/CC/C=C(\C)CCCCCCC(=O)OC. The molecule has 0 saturated carbocycles. The minimum atomic E-state index is -0.0991. The molecule has 0 amide bonds. The molecule has 0 bridgehead atoms. The van der Waals surface area contributed by atoms with Gasteiger partial charge in [-0.1, -0.05) is 49.0 Å². The quantitative estimate of drug-likeness (QED) is 0.157. The summed E-state index contributed by atoms with van der Waals surface area (Å²) in [6.07, 6.45) is 19.2. The number of unbranched alkanes of at least 4 members (excludes halogenated alkanes) is 7. The first-order chi connectivity index (χ1) is 13.5. The van der Waals surface area contributed by atoms with Crippen LogP contribution in [0, 0.1) is 0 Å². The lowest BCUT2D eigenvalue weighted by molar-refractivity contribution is -0.141. The van der Waals surface area contributed by atoms with E-state index in [4.69, 9.17) is 0 Å². The van der Waals surface area contributed by atoms with Crippen molar-refractivity contribution in [1.82, 2.24) is 0 Å². The molecule has 4 heteroatoms. The Labute approximate surface area is 172 Å². The molecule has 4 nitrogen and oxygen atoms in total. The molecule has 0 rings (SSSR count). The largest absolute Gasteiger partial charge is 0.469 e. The van der Waals surface area contributed by atoms with Crippen LogP contribution in [0.1, 0.15) is 104 Å². The molecule has 0 aliphatic carbocycles. The van der Waals surface area contributed by atoms with E-state index in [0.29, 0.717) is 12.8 Å². The zero-order chi connectivity index (χ0) is 21.0. The Morgan fingerprint density at radius 3 is 1.21 bits per heavy atom. The molecule has 162 valence electrons. The second kappa shape index (κ2) is 18.8. The Balaban J connectivity index is 3.62. The summed E-state index contributed by atoms with van der Waals surface area (Å²) in [5.41, 5.74) is 2.95. The van der Waals surface area contributed by atoms with Crippen molar-refractivity contribution in [3.05, 3.63) is 23.3 Å².